The molecule has 0 aliphatic carbocycles. The molecule has 0 spiro atoms. The Labute approximate surface area is 90.2 Å². The Hall–Kier alpha value is -1.50. The van der Waals surface area contributed by atoms with Gasteiger partial charge >= 0.3 is 0 Å². The van der Waals surface area contributed by atoms with Crippen LogP contribution >= 0.6 is 11.5 Å². The van der Waals surface area contributed by atoms with E-state index < -0.39 is 0 Å². The Morgan fingerprint density at radius 1 is 1.67 bits per heavy atom. The van der Waals surface area contributed by atoms with Crippen LogP contribution in [0.2, 0.25) is 0 Å². The van der Waals surface area contributed by atoms with E-state index in [1.165, 1.54) is 6.20 Å². The van der Waals surface area contributed by atoms with Gasteiger partial charge in [0.25, 0.3) is 0 Å². The Morgan fingerprint density at radius 3 is 3.13 bits per heavy atom. The van der Waals surface area contributed by atoms with Crippen LogP contribution in [0.1, 0.15) is 12.8 Å². The molecule has 0 saturated carbocycles. The number of rotatable bonds is 2. The summed E-state index contributed by atoms with van der Waals surface area (Å²) >= 11 is 1.14. The van der Waals surface area contributed by atoms with Gasteiger partial charge < -0.3 is 10.6 Å². The lowest BCUT2D eigenvalue weighted by molar-refractivity contribution is -0.126. The van der Waals surface area contributed by atoms with Gasteiger partial charge in [0.1, 0.15) is 5.00 Å². The summed E-state index contributed by atoms with van der Waals surface area (Å²) in [5.41, 5.74) is 0. The number of nitrogens with one attached hydrogen (secondary N) is 2. The Morgan fingerprint density at radius 2 is 2.53 bits per heavy atom. The van der Waals surface area contributed by atoms with E-state index in [0.29, 0.717) is 24.4 Å². The topological polar surface area (TPSA) is 84.0 Å². The lowest BCUT2D eigenvalue weighted by atomic mass is 9.98. The van der Waals surface area contributed by atoms with Crippen LogP contribution in [0.25, 0.3) is 0 Å². The number of piperidine rings is 1. The largest absolute Gasteiger partial charge is 0.355 e. The minimum Gasteiger partial charge on any atom is -0.355 e. The highest BCUT2D eigenvalue weighted by Crippen LogP contribution is 2.15. The summed E-state index contributed by atoms with van der Waals surface area (Å²) in [5.74, 6) is -0.218. The SMILES string of the molecule is O=C1CCC(C(=O)Nc2cnns2)CN1. The molecule has 1 aliphatic rings. The first-order chi connectivity index (χ1) is 7.25. The first-order valence-corrected chi connectivity index (χ1v) is 5.38. The average Bonchev–Trinajstić information content (AvgIpc) is 2.71. The van der Waals surface area contributed by atoms with Crippen LogP contribution in [0, 0.1) is 5.92 Å². The van der Waals surface area contributed by atoms with E-state index in [9.17, 15) is 9.59 Å². The van der Waals surface area contributed by atoms with Crippen molar-refractivity contribution < 1.29 is 9.59 Å². The lowest BCUT2D eigenvalue weighted by Crippen LogP contribution is -2.40. The number of carbonyl (C=O) groups is 2. The first-order valence-electron chi connectivity index (χ1n) is 4.60. The predicted molar refractivity (Wildman–Crippen MR) is 54.3 cm³/mol. The quantitative estimate of drug-likeness (QED) is 0.743. The molecule has 2 rings (SSSR count). The van der Waals surface area contributed by atoms with Crippen molar-refractivity contribution in [2.24, 2.45) is 5.92 Å². The van der Waals surface area contributed by atoms with E-state index in [4.69, 9.17) is 0 Å². The van der Waals surface area contributed by atoms with Gasteiger partial charge in [-0.25, -0.2) is 0 Å². The van der Waals surface area contributed by atoms with Gasteiger partial charge in [-0.2, -0.15) is 0 Å². The highest BCUT2D eigenvalue weighted by Gasteiger charge is 2.24. The van der Waals surface area contributed by atoms with Crippen molar-refractivity contribution in [1.29, 1.82) is 0 Å². The average molecular weight is 226 g/mol. The maximum Gasteiger partial charge on any atom is 0.229 e. The van der Waals surface area contributed by atoms with E-state index in [0.717, 1.165) is 11.5 Å². The zero-order chi connectivity index (χ0) is 10.7. The molecule has 1 aliphatic heterocycles. The summed E-state index contributed by atoms with van der Waals surface area (Å²) in [6.07, 6.45) is 2.52. The highest BCUT2D eigenvalue weighted by molar-refractivity contribution is 7.10. The summed E-state index contributed by atoms with van der Waals surface area (Å²) in [5, 5.41) is 9.63. The molecular formula is C8H10N4O2S. The maximum absolute atomic E-state index is 11.7. The van der Waals surface area contributed by atoms with E-state index >= 15 is 0 Å². The fourth-order valence-electron chi connectivity index (χ4n) is 1.40. The standard InChI is InChI=1S/C8H10N4O2S/c13-6-2-1-5(3-9-6)8(14)11-7-4-10-12-15-7/h4-5H,1-3H2,(H,9,13)(H,11,14). The van der Waals surface area contributed by atoms with E-state index in [1.54, 1.807) is 0 Å². The molecule has 2 amide bonds. The smallest absolute Gasteiger partial charge is 0.229 e. The molecule has 2 N–H and O–H groups in total. The predicted octanol–water partition coefficient (Wildman–Crippen LogP) is 0.00280. The monoisotopic (exact) mass is 226 g/mol. The molecule has 2 heterocycles. The molecular weight excluding hydrogens is 216 g/mol. The van der Waals surface area contributed by atoms with E-state index in [-0.39, 0.29) is 17.7 Å². The molecule has 1 aromatic rings. The summed E-state index contributed by atoms with van der Waals surface area (Å²) in [7, 11) is 0. The number of hydrogen-bond acceptors (Lipinski definition) is 5. The molecule has 6 nitrogen and oxygen atoms in total. The van der Waals surface area contributed by atoms with Crippen molar-refractivity contribution in [3.63, 3.8) is 0 Å². The second kappa shape index (κ2) is 4.35. The van der Waals surface area contributed by atoms with Gasteiger partial charge in [0.15, 0.2) is 0 Å². The van der Waals surface area contributed by atoms with Gasteiger partial charge in [0.05, 0.1) is 12.1 Å². The van der Waals surface area contributed by atoms with Crippen molar-refractivity contribution in [3.8, 4) is 0 Å². The molecule has 1 saturated heterocycles. The van der Waals surface area contributed by atoms with Crippen molar-refractivity contribution in [1.82, 2.24) is 14.9 Å². The minimum atomic E-state index is -0.148. The van der Waals surface area contributed by atoms with Crippen molar-refractivity contribution in [2.45, 2.75) is 12.8 Å². The Bertz CT molecular complexity index is 355. The van der Waals surface area contributed by atoms with Gasteiger partial charge in [-0.05, 0) is 6.42 Å². The number of anilines is 1. The summed E-state index contributed by atoms with van der Waals surface area (Å²) in [6.45, 7) is 0.414. The molecule has 1 aromatic heterocycles. The van der Waals surface area contributed by atoms with E-state index in [1.807, 2.05) is 0 Å². The van der Waals surface area contributed by atoms with Gasteiger partial charge in [-0.15, -0.1) is 5.10 Å². The van der Waals surface area contributed by atoms with Gasteiger partial charge in [0.2, 0.25) is 11.8 Å². The number of hydrogen-bond donors (Lipinski definition) is 2. The van der Waals surface area contributed by atoms with Crippen molar-refractivity contribution >= 4 is 28.3 Å². The molecule has 15 heavy (non-hydrogen) atoms. The summed E-state index contributed by atoms with van der Waals surface area (Å²) in [6, 6.07) is 0. The molecule has 0 aromatic carbocycles. The van der Waals surface area contributed by atoms with Gasteiger partial charge in [-0.1, -0.05) is 4.49 Å². The van der Waals surface area contributed by atoms with Crippen molar-refractivity contribution in [2.75, 3.05) is 11.9 Å². The number of nitrogens with zero attached hydrogens (tertiary/aromatic N) is 2. The van der Waals surface area contributed by atoms with Gasteiger partial charge in [-0.3, -0.25) is 9.59 Å². The first kappa shape index (κ1) is 10.0. The van der Waals surface area contributed by atoms with Crippen molar-refractivity contribution in [3.05, 3.63) is 6.20 Å². The molecule has 7 heteroatoms. The molecule has 80 valence electrons. The van der Waals surface area contributed by atoms with Crippen LogP contribution in [-0.4, -0.2) is 27.9 Å². The van der Waals surface area contributed by atoms with Crippen LogP contribution < -0.4 is 10.6 Å². The maximum atomic E-state index is 11.7. The van der Waals surface area contributed by atoms with Crippen LogP contribution in [-0.2, 0) is 9.59 Å². The summed E-state index contributed by atoms with van der Waals surface area (Å²) in [4.78, 5) is 22.5. The second-order valence-corrected chi connectivity index (χ2v) is 4.10. The zero-order valence-electron chi connectivity index (χ0n) is 7.90. The van der Waals surface area contributed by atoms with Crippen LogP contribution in [0.5, 0.6) is 0 Å². The number of carbonyl (C=O) groups excluding carboxylic acids is 2. The van der Waals surface area contributed by atoms with Crippen LogP contribution in [0.3, 0.4) is 0 Å². The molecule has 1 atom stereocenters. The molecule has 1 unspecified atom stereocenters. The zero-order valence-corrected chi connectivity index (χ0v) is 8.71. The Kier molecular flexibility index (Phi) is 2.91. The van der Waals surface area contributed by atoms with E-state index in [2.05, 4.69) is 20.2 Å². The molecule has 0 bridgehead atoms. The highest BCUT2D eigenvalue weighted by atomic mass is 32.1. The second-order valence-electron chi connectivity index (χ2n) is 3.31. The summed E-state index contributed by atoms with van der Waals surface area (Å²) < 4.78 is 3.64. The Balaban J connectivity index is 1.89. The third-order valence-electron chi connectivity index (χ3n) is 2.24. The fraction of sp³-hybridized carbons (Fsp3) is 0.500. The molecule has 1 fully saturated rings. The minimum absolute atomic E-state index is 0.0125. The number of amides is 2. The number of aromatic nitrogens is 2. The fourth-order valence-corrected chi connectivity index (χ4v) is 1.83. The third kappa shape index (κ3) is 2.50. The lowest BCUT2D eigenvalue weighted by Gasteiger charge is -2.20. The third-order valence-corrected chi connectivity index (χ3v) is 2.82. The van der Waals surface area contributed by atoms with Crippen LogP contribution in [0.4, 0.5) is 5.00 Å². The van der Waals surface area contributed by atoms with Crippen LogP contribution in [0.15, 0.2) is 6.20 Å². The van der Waals surface area contributed by atoms with Gasteiger partial charge in [0, 0.05) is 24.5 Å². The molecule has 0 radical (unpaired) electrons. The normalized spacial score (nSPS) is 20.8.